The van der Waals surface area contributed by atoms with Crippen molar-refractivity contribution in [2.45, 2.75) is 51.2 Å². The minimum absolute atomic E-state index is 0.00615. The summed E-state index contributed by atoms with van der Waals surface area (Å²) in [6, 6.07) is 0. The summed E-state index contributed by atoms with van der Waals surface area (Å²) in [6.45, 7) is 4.12. The van der Waals surface area contributed by atoms with E-state index in [1.807, 2.05) is 6.92 Å². The van der Waals surface area contributed by atoms with Gasteiger partial charge in [-0.05, 0) is 12.8 Å². The van der Waals surface area contributed by atoms with Gasteiger partial charge in [-0.15, -0.1) is 0 Å². The Labute approximate surface area is 209 Å². The van der Waals surface area contributed by atoms with Crippen molar-refractivity contribution in [2.75, 3.05) is 26.2 Å². The Morgan fingerprint density at radius 3 is 1.67 bits per heavy atom. The Balaban J connectivity index is 0.000000369. The number of carbonyl (C=O) groups is 6. The maximum atomic E-state index is 11.7. The van der Waals surface area contributed by atoms with Gasteiger partial charge in [-0.2, -0.15) is 8.42 Å². The Hall–Kier alpha value is -3.39. The molecule has 2 aliphatic heterocycles. The number of amides is 6. The topological polar surface area (TPSA) is 187 Å². The van der Waals surface area contributed by atoms with E-state index in [4.69, 9.17) is 4.55 Å². The van der Waals surface area contributed by atoms with Gasteiger partial charge in [-0.25, -0.2) is 0 Å². The summed E-state index contributed by atoms with van der Waals surface area (Å²) in [7, 11) is -4.47. The van der Waals surface area contributed by atoms with Crippen LogP contribution in [0.1, 0.15) is 46.0 Å². The molecule has 1 atom stereocenters. The fourth-order valence-electron chi connectivity index (χ4n) is 3.12. The minimum Gasteiger partial charge on any atom is -0.354 e. The van der Waals surface area contributed by atoms with Crippen LogP contribution in [0.3, 0.4) is 0 Å². The van der Waals surface area contributed by atoms with Gasteiger partial charge in [0.2, 0.25) is 11.8 Å². The third-order valence-electron chi connectivity index (χ3n) is 5.05. The number of rotatable bonds is 13. The Morgan fingerprint density at radius 2 is 1.28 bits per heavy atom. The Bertz CT molecular complexity index is 985. The molecule has 36 heavy (non-hydrogen) atoms. The van der Waals surface area contributed by atoms with Crippen molar-refractivity contribution in [3.8, 4) is 0 Å². The molecule has 0 fully saturated rings. The first-order valence-corrected chi connectivity index (χ1v) is 13.0. The van der Waals surface area contributed by atoms with Gasteiger partial charge in [0.1, 0.15) is 0 Å². The highest BCUT2D eigenvalue weighted by Crippen LogP contribution is 2.08. The molecule has 200 valence electrons. The van der Waals surface area contributed by atoms with Crippen molar-refractivity contribution in [1.29, 1.82) is 0 Å². The molecule has 13 nitrogen and oxygen atoms in total. The van der Waals surface area contributed by atoms with Crippen LogP contribution < -0.4 is 10.6 Å². The first kappa shape index (κ1) is 30.6. The molecular formula is C22H32N4O9S. The van der Waals surface area contributed by atoms with Gasteiger partial charge in [-0.3, -0.25) is 43.1 Å². The van der Waals surface area contributed by atoms with E-state index < -0.39 is 33.1 Å². The highest BCUT2D eigenvalue weighted by Gasteiger charge is 2.30. The first-order valence-electron chi connectivity index (χ1n) is 11.5. The molecule has 0 aromatic heterocycles. The largest absolute Gasteiger partial charge is 0.354 e. The van der Waals surface area contributed by atoms with Crippen LogP contribution in [0.25, 0.3) is 0 Å². The van der Waals surface area contributed by atoms with E-state index in [1.54, 1.807) is 6.92 Å². The van der Waals surface area contributed by atoms with E-state index in [2.05, 4.69) is 10.6 Å². The van der Waals surface area contributed by atoms with Crippen molar-refractivity contribution in [1.82, 2.24) is 20.4 Å². The van der Waals surface area contributed by atoms with Gasteiger partial charge in [0.25, 0.3) is 33.7 Å². The molecular weight excluding hydrogens is 496 g/mol. The molecule has 6 amide bonds. The number of hydrogen-bond acceptors (Lipinski definition) is 8. The van der Waals surface area contributed by atoms with Gasteiger partial charge in [0, 0.05) is 56.9 Å². The lowest BCUT2D eigenvalue weighted by Crippen LogP contribution is -2.44. The van der Waals surface area contributed by atoms with Gasteiger partial charge in [-0.1, -0.05) is 26.7 Å². The molecule has 0 bridgehead atoms. The second kappa shape index (κ2) is 14.9. The molecule has 14 heteroatoms. The maximum Gasteiger partial charge on any atom is 0.276 e. The lowest BCUT2D eigenvalue weighted by atomic mass is 10.2. The monoisotopic (exact) mass is 528 g/mol. The Kier molecular flexibility index (Phi) is 12.7. The summed E-state index contributed by atoms with van der Waals surface area (Å²) in [6.07, 6.45) is 7.43. The van der Waals surface area contributed by atoms with E-state index in [-0.39, 0.29) is 43.8 Å². The predicted molar refractivity (Wildman–Crippen MR) is 128 cm³/mol. The summed E-state index contributed by atoms with van der Waals surface area (Å²) in [4.78, 5) is 69.6. The van der Waals surface area contributed by atoms with Crippen molar-refractivity contribution in [2.24, 2.45) is 0 Å². The van der Waals surface area contributed by atoms with Crippen molar-refractivity contribution < 1.29 is 41.7 Å². The number of imide groups is 2. The molecule has 2 rings (SSSR count). The normalized spacial score (nSPS) is 15.8. The van der Waals surface area contributed by atoms with Gasteiger partial charge in [0.05, 0.1) is 0 Å². The fourth-order valence-corrected chi connectivity index (χ4v) is 4.01. The fraction of sp³-hybridized carbons (Fsp3) is 0.545. The van der Waals surface area contributed by atoms with Crippen LogP contribution in [0, 0.1) is 0 Å². The van der Waals surface area contributed by atoms with Crippen LogP contribution in [-0.2, 0) is 38.9 Å². The molecule has 0 saturated carbocycles. The Morgan fingerprint density at radius 1 is 0.833 bits per heavy atom. The van der Waals surface area contributed by atoms with Crippen molar-refractivity contribution in [3.63, 3.8) is 0 Å². The molecule has 0 saturated heterocycles. The van der Waals surface area contributed by atoms with Crippen LogP contribution in [0.5, 0.6) is 0 Å². The van der Waals surface area contributed by atoms with Gasteiger partial charge in [0.15, 0.2) is 5.25 Å². The highest BCUT2D eigenvalue weighted by molar-refractivity contribution is 7.87. The third-order valence-corrected chi connectivity index (χ3v) is 6.22. The average Bonchev–Trinajstić information content (AvgIpc) is 3.30. The van der Waals surface area contributed by atoms with Gasteiger partial charge < -0.3 is 10.6 Å². The summed E-state index contributed by atoms with van der Waals surface area (Å²) in [5.41, 5.74) is 0. The lowest BCUT2D eigenvalue weighted by molar-refractivity contribution is -0.138. The molecule has 2 aliphatic rings. The average molecular weight is 529 g/mol. The zero-order valence-corrected chi connectivity index (χ0v) is 21.1. The van der Waals surface area contributed by atoms with E-state index in [0.717, 1.165) is 34.8 Å². The summed E-state index contributed by atoms with van der Waals surface area (Å²) >= 11 is 0. The van der Waals surface area contributed by atoms with E-state index >= 15 is 0 Å². The van der Waals surface area contributed by atoms with Gasteiger partial charge >= 0.3 is 0 Å². The van der Waals surface area contributed by atoms with Crippen LogP contribution in [0.15, 0.2) is 24.3 Å². The minimum atomic E-state index is -4.47. The molecule has 0 radical (unpaired) electrons. The molecule has 0 aliphatic carbocycles. The SMILES string of the molecule is CCCC(C(=O)NCCN1C(=O)C=CC1=O)S(=O)(=O)O.CCCCC(=O)NCCN1C(=O)C=CC1=O. The highest BCUT2D eigenvalue weighted by atomic mass is 32.2. The predicted octanol–water partition coefficient (Wildman–Crippen LogP) is -0.698. The summed E-state index contributed by atoms with van der Waals surface area (Å²) in [5, 5.41) is 3.43. The lowest BCUT2D eigenvalue weighted by Gasteiger charge is -2.16. The van der Waals surface area contributed by atoms with E-state index in [1.165, 1.54) is 12.2 Å². The van der Waals surface area contributed by atoms with E-state index in [9.17, 15) is 37.2 Å². The van der Waals surface area contributed by atoms with Crippen LogP contribution >= 0.6 is 0 Å². The zero-order chi connectivity index (χ0) is 27.3. The number of carbonyl (C=O) groups excluding carboxylic acids is 6. The quantitative estimate of drug-likeness (QED) is 0.205. The zero-order valence-electron chi connectivity index (χ0n) is 20.3. The standard InChI is InChI=1S/C11H16N2O6S.C11H16N2O3/c1-2-3-8(20(17,18)19)11(16)12-6-7-13-9(14)4-5-10(13)15;1-2-3-4-9(14)12-7-8-13-10(15)5-6-11(13)16/h4-5,8H,2-3,6-7H2,1H3,(H,12,16)(H,17,18,19);5-6H,2-4,7-8H2,1H3,(H,12,14). The molecule has 0 spiro atoms. The summed E-state index contributed by atoms with van der Waals surface area (Å²) in [5.74, 6) is -2.47. The van der Waals surface area contributed by atoms with Crippen molar-refractivity contribution >= 4 is 45.6 Å². The number of hydrogen-bond donors (Lipinski definition) is 3. The number of unbranched alkanes of at least 4 members (excludes halogenated alkanes) is 1. The van der Waals surface area contributed by atoms with Crippen LogP contribution in [-0.4, -0.2) is 89.6 Å². The van der Waals surface area contributed by atoms with E-state index in [0.29, 0.717) is 19.4 Å². The number of nitrogens with one attached hydrogen (secondary N) is 2. The third kappa shape index (κ3) is 10.1. The second-order valence-corrected chi connectivity index (χ2v) is 9.46. The molecule has 2 heterocycles. The smallest absolute Gasteiger partial charge is 0.276 e. The maximum absolute atomic E-state index is 11.7. The molecule has 0 aromatic carbocycles. The van der Waals surface area contributed by atoms with Crippen LogP contribution in [0.4, 0.5) is 0 Å². The molecule has 3 N–H and O–H groups in total. The number of nitrogens with zero attached hydrogens (tertiary/aromatic N) is 2. The van der Waals surface area contributed by atoms with Crippen molar-refractivity contribution in [3.05, 3.63) is 24.3 Å². The molecule has 0 aromatic rings. The van der Waals surface area contributed by atoms with Crippen LogP contribution in [0.2, 0.25) is 0 Å². The second-order valence-electron chi connectivity index (χ2n) is 7.86. The summed E-state index contributed by atoms with van der Waals surface area (Å²) < 4.78 is 31.1. The first-order chi connectivity index (χ1) is 16.9. The molecule has 1 unspecified atom stereocenters.